The number of rotatable bonds is 2. The maximum absolute atomic E-state index is 11.9. The second-order valence-corrected chi connectivity index (χ2v) is 1.56. The third kappa shape index (κ3) is 2.51. The summed E-state index contributed by atoms with van der Waals surface area (Å²) in [6.07, 6.45) is -3.48. The standard InChI is InChI=1S/C5H7F2N/c1-4(6)5(7)2-3-8/h4-5H,2H2,1H3. The minimum atomic E-state index is -1.61. The van der Waals surface area contributed by atoms with Crippen molar-refractivity contribution in [1.29, 1.82) is 5.26 Å². The molecule has 0 aromatic heterocycles. The topological polar surface area (TPSA) is 23.8 Å². The van der Waals surface area contributed by atoms with Crippen LogP contribution in [0, 0.1) is 11.3 Å². The van der Waals surface area contributed by atoms with Crippen molar-refractivity contribution in [2.45, 2.75) is 25.7 Å². The molecule has 3 heteroatoms. The van der Waals surface area contributed by atoms with Crippen molar-refractivity contribution in [2.75, 3.05) is 0 Å². The molecule has 0 fully saturated rings. The van der Waals surface area contributed by atoms with Crippen LogP contribution in [0.1, 0.15) is 13.3 Å². The van der Waals surface area contributed by atoms with Crippen LogP contribution in [-0.4, -0.2) is 12.3 Å². The SMILES string of the molecule is CC(F)C(F)CC#N. The molecule has 0 saturated heterocycles. The molecule has 0 saturated carbocycles. The fraction of sp³-hybridized carbons (Fsp3) is 0.800. The fourth-order valence-electron chi connectivity index (χ4n) is 0.250. The minimum absolute atomic E-state index is 0.350. The highest BCUT2D eigenvalue weighted by atomic mass is 19.2. The molecule has 1 nitrogen and oxygen atoms in total. The van der Waals surface area contributed by atoms with E-state index in [4.69, 9.17) is 5.26 Å². The molecule has 0 N–H and O–H groups in total. The van der Waals surface area contributed by atoms with Gasteiger partial charge >= 0.3 is 0 Å². The Morgan fingerprint density at radius 2 is 2.12 bits per heavy atom. The Balaban J connectivity index is 3.35. The van der Waals surface area contributed by atoms with Crippen LogP contribution in [-0.2, 0) is 0 Å². The summed E-state index contributed by atoms with van der Waals surface area (Å²) in [6, 6.07) is 1.53. The van der Waals surface area contributed by atoms with E-state index >= 15 is 0 Å². The normalized spacial score (nSPS) is 16.8. The van der Waals surface area contributed by atoms with Gasteiger partial charge in [0.25, 0.3) is 0 Å². The molecular weight excluding hydrogens is 112 g/mol. The van der Waals surface area contributed by atoms with Crippen LogP contribution in [0.4, 0.5) is 8.78 Å². The van der Waals surface area contributed by atoms with Gasteiger partial charge in [0.05, 0.1) is 12.5 Å². The van der Waals surface area contributed by atoms with E-state index in [2.05, 4.69) is 0 Å². The molecule has 0 rings (SSSR count). The van der Waals surface area contributed by atoms with Gasteiger partial charge in [0, 0.05) is 0 Å². The second kappa shape index (κ2) is 3.36. The molecule has 46 valence electrons. The smallest absolute Gasteiger partial charge is 0.144 e. The number of hydrogen-bond acceptors (Lipinski definition) is 1. The number of hydrogen-bond donors (Lipinski definition) is 0. The Bertz CT molecular complexity index is 95.1. The van der Waals surface area contributed by atoms with Gasteiger partial charge in [0.15, 0.2) is 0 Å². The molecule has 0 heterocycles. The van der Waals surface area contributed by atoms with E-state index in [0.29, 0.717) is 0 Å². The number of nitriles is 1. The summed E-state index contributed by atoms with van der Waals surface area (Å²) in [5, 5.41) is 7.83. The highest BCUT2D eigenvalue weighted by Gasteiger charge is 2.13. The highest BCUT2D eigenvalue weighted by Crippen LogP contribution is 2.05. The second-order valence-electron chi connectivity index (χ2n) is 1.56. The lowest BCUT2D eigenvalue weighted by atomic mass is 10.2. The average molecular weight is 119 g/mol. The van der Waals surface area contributed by atoms with Crippen LogP contribution in [0.5, 0.6) is 0 Å². The summed E-state index contributed by atoms with van der Waals surface area (Å²) in [5.41, 5.74) is 0. The van der Waals surface area contributed by atoms with Crippen molar-refractivity contribution < 1.29 is 8.78 Å². The van der Waals surface area contributed by atoms with Crippen LogP contribution < -0.4 is 0 Å². The first-order chi connectivity index (χ1) is 3.68. The maximum Gasteiger partial charge on any atom is 0.144 e. The van der Waals surface area contributed by atoms with Crippen LogP contribution >= 0.6 is 0 Å². The van der Waals surface area contributed by atoms with Crippen molar-refractivity contribution >= 4 is 0 Å². The molecular formula is C5H7F2N. The monoisotopic (exact) mass is 119 g/mol. The van der Waals surface area contributed by atoms with E-state index in [0.717, 1.165) is 6.92 Å². The van der Waals surface area contributed by atoms with Crippen molar-refractivity contribution in [2.24, 2.45) is 0 Å². The molecule has 0 aromatic rings. The minimum Gasteiger partial charge on any atom is -0.245 e. The first-order valence-corrected chi connectivity index (χ1v) is 2.33. The zero-order chi connectivity index (χ0) is 6.57. The lowest BCUT2D eigenvalue weighted by Gasteiger charge is -2.01. The Morgan fingerprint density at radius 3 is 2.25 bits per heavy atom. The summed E-state index contributed by atoms with van der Waals surface area (Å²) < 4.78 is 23.7. The van der Waals surface area contributed by atoms with E-state index in [1.807, 2.05) is 0 Å². The predicted molar refractivity (Wildman–Crippen MR) is 25.7 cm³/mol. The maximum atomic E-state index is 11.9. The van der Waals surface area contributed by atoms with Crippen LogP contribution in [0.3, 0.4) is 0 Å². The van der Waals surface area contributed by atoms with Crippen LogP contribution in [0.25, 0.3) is 0 Å². The van der Waals surface area contributed by atoms with E-state index in [1.54, 1.807) is 0 Å². The molecule has 0 aliphatic rings. The van der Waals surface area contributed by atoms with Crippen LogP contribution in [0.2, 0.25) is 0 Å². The summed E-state index contributed by atoms with van der Waals surface area (Å²) in [5.74, 6) is 0. The summed E-state index contributed by atoms with van der Waals surface area (Å²) in [4.78, 5) is 0. The van der Waals surface area contributed by atoms with Gasteiger partial charge in [-0.05, 0) is 6.92 Å². The Hall–Kier alpha value is -0.650. The molecule has 0 spiro atoms. The Labute approximate surface area is 46.9 Å². The first kappa shape index (κ1) is 7.35. The zero-order valence-electron chi connectivity index (χ0n) is 4.56. The third-order valence-corrected chi connectivity index (χ3v) is 0.785. The van der Waals surface area contributed by atoms with Crippen molar-refractivity contribution in [3.63, 3.8) is 0 Å². The predicted octanol–water partition coefficient (Wildman–Crippen LogP) is 1.60. The molecule has 0 aliphatic carbocycles. The Morgan fingerprint density at radius 1 is 1.62 bits per heavy atom. The zero-order valence-corrected chi connectivity index (χ0v) is 4.56. The molecule has 0 aromatic carbocycles. The molecule has 8 heavy (non-hydrogen) atoms. The lowest BCUT2D eigenvalue weighted by Crippen LogP contribution is -2.11. The van der Waals surface area contributed by atoms with E-state index < -0.39 is 12.3 Å². The summed E-state index contributed by atoms with van der Waals surface area (Å²) in [6.45, 7) is 1.10. The van der Waals surface area contributed by atoms with Gasteiger partial charge in [0.1, 0.15) is 12.3 Å². The summed E-state index contributed by atoms with van der Waals surface area (Å²) in [7, 11) is 0. The molecule has 2 unspecified atom stereocenters. The van der Waals surface area contributed by atoms with Crippen LogP contribution in [0.15, 0.2) is 0 Å². The molecule has 0 bridgehead atoms. The van der Waals surface area contributed by atoms with E-state index in [1.165, 1.54) is 6.07 Å². The van der Waals surface area contributed by atoms with Gasteiger partial charge in [-0.2, -0.15) is 5.26 Å². The Kier molecular flexibility index (Phi) is 3.09. The van der Waals surface area contributed by atoms with Gasteiger partial charge in [-0.1, -0.05) is 0 Å². The molecule has 2 atom stereocenters. The van der Waals surface area contributed by atoms with Crippen molar-refractivity contribution in [3.8, 4) is 6.07 Å². The fourth-order valence-corrected chi connectivity index (χ4v) is 0.250. The number of halogens is 2. The van der Waals surface area contributed by atoms with Crippen molar-refractivity contribution in [1.82, 2.24) is 0 Å². The van der Waals surface area contributed by atoms with Gasteiger partial charge < -0.3 is 0 Å². The lowest BCUT2D eigenvalue weighted by molar-refractivity contribution is 0.186. The van der Waals surface area contributed by atoms with Crippen molar-refractivity contribution in [3.05, 3.63) is 0 Å². The van der Waals surface area contributed by atoms with E-state index in [9.17, 15) is 8.78 Å². The molecule has 0 aliphatic heterocycles. The quantitative estimate of drug-likeness (QED) is 0.541. The number of alkyl halides is 2. The molecule has 0 amide bonds. The van der Waals surface area contributed by atoms with Gasteiger partial charge in [-0.25, -0.2) is 8.78 Å². The largest absolute Gasteiger partial charge is 0.245 e. The molecule has 0 radical (unpaired) electrons. The summed E-state index contributed by atoms with van der Waals surface area (Å²) >= 11 is 0. The van der Waals surface area contributed by atoms with Gasteiger partial charge in [0.2, 0.25) is 0 Å². The first-order valence-electron chi connectivity index (χ1n) is 2.33. The van der Waals surface area contributed by atoms with Gasteiger partial charge in [-0.15, -0.1) is 0 Å². The number of nitrogens with zero attached hydrogens (tertiary/aromatic N) is 1. The van der Waals surface area contributed by atoms with Gasteiger partial charge in [-0.3, -0.25) is 0 Å². The average Bonchev–Trinajstić information content (AvgIpc) is 1.67. The highest BCUT2D eigenvalue weighted by molar-refractivity contribution is 4.78. The van der Waals surface area contributed by atoms with E-state index in [-0.39, 0.29) is 6.42 Å². The third-order valence-electron chi connectivity index (χ3n) is 0.785.